The minimum absolute atomic E-state index is 0.112. The summed E-state index contributed by atoms with van der Waals surface area (Å²) in [6.07, 6.45) is -0.326. The van der Waals surface area contributed by atoms with Gasteiger partial charge in [0.25, 0.3) is 0 Å². The van der Waals surface area contributed by atoms with E-state index in [1.54, 1.807) is 39.0 Å². The summed E-state index contributed by atoms with van der Waals surface area (Å²) in [7, 11) is 0. The SMILES string of the molecule is CC1=C(C(=O)OC(C)C)C(c2cccc3c(=O)cc(-c4ccccc4)sc23)C2=C(COC2=O)N1. The van der Waals surface area contributed by atoms with E-state index in [1.165, 1.54) is 11.3 Å². The zero-order chi connectivity index (χ0) is 24.0. The van der Waals surface area contributed by atoms with E-state index >= 15 is 0 Å². The van der Waals surface area contributed by atoms with Crippen molar-refractivity contribution in [2.45, 2.75) is 32.8 Å². The predicted molar refractivity (Wildman–Crippen MR) is 131 cm³/mol. The van der Waals surface area contributed by atoms with Crippen LogP contribution in [0.4, 0.5) is 0 Å². The fourth-order valence-corrected chi connectivity index (χ4v) is 5.72. The van der Waals surface area contributed by atoms with Crippen molar-refractivity contribution in [3.05, 3.63) is 92.9 Å². The summed E-state index contributed by atoms with van der Waals surface area (Å²) < 4.78 is 11.6. The van der Waals surface area contributed by atoms with Crippen molar-refractivity contribution in [3.63, 3.8) is 0 Å². The molecule has 5 rings (SSSR count). The van der Waals surface area contributed by atoms with Crippen molar-refractivity contribution in [2.75, 3.05) is 6.61 Å². The van der Waals surface area contributed by atoms with Gasteiger partial charge in [0.1, 0.15) is 6.61 Å². The molecule has 6 nitrogen and oxygen atoms in total. The number of carbonyl (C=O) groups excluding carboxylic acids is 2. The topological polar surface area (TPSA) is 81.7 Å². The van der Waals surface area contributed by atoms with Gasteiger partial charge in [-0.2, -0.15) is 0 Å². The lowest BCUT2D eigenvalue weighted by Crippen LogP contribution is -2.31. The standard InChI is InChI=1S/C27H23NO5S/c1-14(2)33-27(31)22-15(3)28-19-13-32-26(30)24(19)23(22)18-11-7-10-17-20(29)12-21(34-25(17)18)16-8-5-4-6-9-16/h4-12,14,23,28H,13H2,1-3H3. The van der Waals surface area contributed by atoms with E-state index in [-0.39, 0.29) is 18.1 Å². The van der Waals surface area contributed by atoms with Crippen LogP contribution in [0.3, 0.4) is 0 Å². The van der Waals surface area contributed by atoms with E-state index in [4.69, 9.17) is 9.47 Å². The van der Waals surface area contributed by atoms with Gasteiger partial charge < -0.3 is 14.8 Å². The number of allylic oxidation sites excluding steroid dienone is 1. The summed E-state index contributed by atoms with van der Waals surface area (Å²) in [5, 5.41) is 3.71. The molecule has 34 heavy (non-hydrogen) atoms. The number of cyclic esters (lactones) is 1. The second kappa shape index (κ2) is 8.57. The molecule has 2 aliphatic heterocycles. The number of ether oxygens (including phenoxy) is 2. The lowest BCUT2D eigenvalue weighted by molar-refractivity contribution is -0.143. The highest BCUT2D eigenvalue weighted by Crippen LogP contribution is 2.45. The smallest absolute Gasteiger partial charge is 0.337 e. The van der Waals surface area contributed by atoms with Crippen molar-refractivity contribution in [1.82, 2.24) is 5.32 Å². The minimum Gasteiger partial charge on any atom is -0.460 e. The molecule has 3 heterocycles. The van der Waals surface area contributed by atoms with Gasteiger partial charge in [-0.05, 0) is 38.0 Å². The van der Waals surface area contributed by atoms with Crippen LogP contribution >= 0.6 is 11.3 Å². The summed E-state index contributed by atoms with van der Waals surface area (Å²) in [5.74, 6) is -1.68. The van der Waals surface area contributed by atoms with Crippen LogP contribution in [0, 0.1) is 0 Å². The molecule has 3 aromatic rings. The maximum atomic E-state index is 13.2. The van der Waals surface area contributed by atoms with Gasteiger partial charge in [0, 0.05) is 26.7 Å². The highest BCUT2D eigenvalue weighted by atomic mass is 32.1. The third-order valence-electron chi connectivity index (χ3n) is 5.93. The fourth-order valence-electron chi connectivity index (χ4n) is 4.50. The van der Waals surface area contributed by atoms with E-state index in [0.717, 1.165) is 15.1 Å². The van der Waals surface area contributed by atoms with Gasteiger partial charge in [-0.3, -0.25) is 4.79 Å². The van der Waals surface area contributed by atoms with Crippen molar-refractivity contribution in [3.8, 4) is 10.4 Å². The molecule has 2 aromatic carbocycles. The van der Waals surface area contributed by atoms with E-state index in [0.29, 0.717) is 33.5 Å². The molecule has 1 aromatic heterocycles. The van der Waals surface area contributed by atoms with Crippen LogP contribution < -0.4 is 10.7 Å². The van der Waals surface area contributed by atoms with Gasteiger partial charge in [-0.1, -0.05) is 42.5 Å². The first kappa shape index (κ1) is 22.1. The lowest BCUT2D eigenvalue weighted by atomic mass is 9.80. The Morgan fingerprint density at radius 1 is 1.12 bits per heavy atom. The molecule has 0 radical (unpaired) electrons. The third kappa shape index (κ3) is 3.72. The number of hydrogen-bond donors (Lipinski definition) is 1. The van der Waals surface area contributed by atoms with Crippen LogP contribution in [0.2, 0.25) is 0 Å². The van der Waals surface area contributed by atoms with Gasteiger partial charge in [0.2, 0.25) is 0 Å². The normalized spacial score (nSPS) is 17.6. The number of esters is 2. The molecule has 1 atom stereocenters. The molecule has 7 heteroatoms. The molecular formula is C27H23NO5S. The number of dihydropyridines is 1. The number of carbonyl (C=O) groups is 2. The molecule has 0 aliphatic carbocycles. The molecular weight excluding hydrogens is 450 g/mol. The molecule has 0 amide bonds. The first-order valence-electron chi connectivity index (χ1n) is 11.1. The number of rotatable bonds is 4. The number of benzene rings is 2. The quantitative estimate of drug-likeness (QED) is 0.556. The van der Waals surface area contributed by atoms with Crippen molar-refractivity contribution in [1.29, 1.82) is 0 Å². The van der Waals surface area contributed by atoms with Crippen LogP contribution in [0.15, 0.2) is 81.9 Å². The zero-order valence-corrected chi connectivity index (χ0v) is 19.8. The van der Waals surface area contributed by atoms with E-state index in [9.17, 15) is 14.4 Å². The first-order valence-corrected chi connectivity index (χ1v) is 11.9. The Morgan fingerprint density at radius 3 is 2.62 bits per heavy atom. The summed E-state index contributed by atoms with van der Waals surface area (Å²) in [4.78, 5) is 40.0. The summed E-state index contributed by atoms with van der Waals surface area (Å²) in [6, 6.07) is 16.8. The number of hydrogen-bond acceptors (Lipinski definition) is 7. The van der Waals surface area contributed by atoms with E-state index < -0.39 is 17.9 Å². The lowest BCUT2D eigenvalue weighted by Gasteiger charge is -2.28. The fraction of sp³-hybridized carbons (Fsp3) is 0.222. The average Bonchev–Trinajstić information content (AvgIpc) is 3.18. The Labute approximate surface area is 200 Å². The van der Waals surface area contributed by atoms with Gasteiger partial charge in [-0.15, -0.1) is 11.3 Å². The average molecular weight is 474 g/mol. The van der Waals surface area contributed by atoms with Gasteiger partial charge >= 0.3 is 11.9 Å². The highest BCUT2D eigenvalue weighted by Gasteiger charge is 2.42. The van der Waals surface area contributed by atoms with Crippen LogP contribution in [0.5, 0.6) is 0 Å². The van der Waals surface area contributed by atoms with Crippen molar-refractivity contribution in [2.24, 2.45) is 0 Å². The van der Waals surface area contributed by atoms with Gasteiger partial charge in [-0.25, -0.2) is 9.59 Å². The van der Waals surface area contributed by atoms with Crippen molar-refractivity contribution >= 4 is 33.4 Å². The molecule has 1 unspecified atom stereocenters. The summed E-state index contributed by atoms with van der Waals surface area (Å²) >= 11 is 1.47. The molecule has 0 saturated carbocycles. The largest absolute Gasteiger partial charge is 0.460 e. The Balaban J connectivity index is 1.78. The van der Waals surface area contributed by atoms with Crippen LogP contribution in [0.25, 0.3) is 20.5 Å². The maximum Gasteiger partial charge on any atom is 0.337 e. The molecule has 0 bridgehead atoms. The molecule has 172 valence electrons. The molecule has 0 saturated heterocycles. The molecule has 0 fully saturated rings. The van der Waals surface area contributed by atoms with E-state index in [1.807, 2.05) is 36.4 Å². The Kier molecular flexibility index (Phi) is 5.57. The van der Waals surface area contributed by atoms with Crippen LogP contribution in [0.1, 0.15) is 32.3 Å². The van der Waals surface area contributed by atoms with Gasteiger partial charge in [0.05, 0.1) is 28.9 Å². The first-order chi connectivity index (χ1) is 16.3. The second-order valence-electron chi connectivity index (χ2n) is 8.58. The Morgan fingerprint density at radius 2 is 1.88 bits per heavy atom. The highest BCUT2D eigenvalue weighted by molar-refractivity contribution is 7.21. The van der Waals surface area contributed by atoms with Gasteiger partial charge in [0.15, 0.2) is 5.43 Å². The van der Waals surface area contributed by atoms with Crippen LogP contribution in [-0.4, -0.2) is 24.6 Å². The van der Waals surface area contributed by atoms with Crippen LogP contribution in [-0.2, 0) is 19.1 Å². The third-order valence-corrected chi connectivity index (χ3v) is 7.16. The molecule has 1 N–H and O–H groups in total. The monoisotopic (exact) mass is 473 g/mol. The second-order valence-corrected chi connectivity index (χ2v) is 9.64. The summed E-state index contributed by atoms with van der Waals surface area (Å²) in [6.45, 7) is 5.47. The minimum atomic E-state index is -0.706. The zero-order valence-electron chi connectivity index (χ0n) is 19.0. The molecule has 2 aliphatic rings. The van der Waals surface area contributed by atoms with Crippen molar-refractivity contribution < 1.29 is 19.1 Å². The number of fused-ring (bicyclic) bond motifs is 1. The van der Waals surface area contributed by atoms with E-state index in [2.05, 4.69) is 5.32 Å². The Bertz CT molecular complexity index is 1450. The molecule has 0 spiro atoms. The predicted octanol–water partition coefficient (Wildman–Crippen LogP) is 4.65. The summed E-state index contributed by atoms with van der Waals surface area (Å²) in [5.41, 5.74) is 3.51. The number of nitrogens with one attached hydrogen (secondary N) is 1. The Hall–Kier alpha value is -3.71. The maximum absolute atomic E-state index is 13.2.